The molecule has 0 fully saturated rings. The van der Waals surface area contributed by atoms with E-state index in [0.29, 0.717) is 26.6 Å². The predicted molar refractivity (Wildman–Crippen MR) is 128 cm³/mol. The third-order valence-corrected chi connectivity index (χ3v) is 6.11. The Morgan fingerprint density at radius 3 is 2.35 bits per heavy atom. The Bertz CT molecular complexity index is 1570. The summed E-state index contributed by atoms with van der Waals surface area (Å²) in [6.45, 7) is -0.124. The van der Waals surface area contributed by atoms with Gasteiger partial charge in [0.15, 0.2) is 0 Å². The summed E-state index contributed by atoms with van der Waals surface area (Å²) < 4.78 is 55.9. The molecule has 5 rings (SSSR count). The van der Waals surface area contributed by atoms with Gasteiger partial charge < -0.3 is 4.74 Å². The van der Waals surface area contributed by atoms with E-state index in [9.17, 15) is 22.4 Å². The topological polar surface area (TPSA) is 81.1 Å². The Labute approximate surface area is 211 Å². The molecule has 0 spiro atoms. The van der Waals surface area contributed by atoms with Crippen molar-refractivity contribution in [2.24, 2.45) is 0 Å². The molecule has 37 heavy (non-hydrogen) atoms. The van der Waals surface area contributed by atoms with Crippen LogP contribution in [0.1, 0.15) is 15.5 Å². The third-order valence-electron chi connectivity index (χ3n) is 5.15. The lowest BCUT2D eigenvalue weighted by Gasteiger charge is -2.21. The zero-order valence-electron chi connectivity index (χ0n) is 18.7. The number of nitrogens with zero attached hydrogens (tertiary/aromatic N) is 5. The molecule has 0 aliphatic rings. The fourth-order valence-corrected chi connectivity index (χ4v) is 4.34. The van der Waals surface area contributed by atoms with E-state index in [-0.39, 0.29) is 23.7 Å². The number of hydrogen-bond acceptors (Lipinski definition) is 7. The van der Waals surface area contributed by atoms with Crippen LogP contribution in [0.3, 0.4) is 0 Å². The minimum Gasteiger partial charge on any atom is -0.406 e. The Hall–Kier alpha value is -4.45. The Morgan fingerprint density at radius 2 is 1.62 bits per heavy atom. The van der Waals surface area contributed by atoms with Gasteiger partial charge in [0.1, 0.15) is 27.3 Å². The zero-order chi connectivity index (χ0) is 26.0. The number of carbonyl (C=O) groups excluding carboxylic acids is 1. The minimum absolute atomic E-state index is 0.0203. The van der Waals surface area contributed by atoms with Gasteiger partial charge in [-0.1, -0.05) is 35.6 Å². The number of rotatable bonds is 6. The zero-order valence-corrected chi connectivity index (χ0v) is 19.5. The fraction of sp³-hybridized carbons (Fsp3) is 0.0800. The number of aromatic nitrogens is 4. The van der Waals surface area contributed by atoms with Crippen molar-refractivity contribution in [2.45, 2.75) is 12.9 Å². The summed E-state index contributed by atoms with van der Waals surface area (Å²) in [5.74, 6) is -1.57. The highest BCUT2D eigenvalue weighted by molar-refractivity contribution is 7.14. The number of benzene rings is 3. The Kier molecular flexibility index (Phi) is 6.49. The number of ether oxygens (including phenoxy) is 1. The molecule has 5 aromatic rings. The Balaban J connectivity index is 1.43. The monoisotopic (exact) mass is 525 g/mol. The van der Waals surface area contributed by atoms with E-state index in [1.165, 1.54) is 41.4 Å². The van der Waals surface area contributed by atoms with Crippen LogP contribution in [-0.4, -0.2) is 32.4 Å². The molecule has 0 aliphatic carbocycles. The smallest absolute Gasteiger partial charge is 0.406 e. The molecule has 0 unspecified atom stereocenters. The van der Waals surface area contributed by atoms with E-state index >= 15 is 0 Å². The van der Waals surface area contributed by atoms with E-state index in [4.69, 9.17) is 0 Å². The molecule has 12 heteroatoms. The van der Waals surface area contributed by atoms with Crippen molar-refractivity contribution in [3.05, 3.63) is 95.5 Å². The molecule has 2 heterocycles. The summed E-state index contributed by atoms with van der Waals surface area (Å²) in [6, 6.07) is 18.0. The Morgan fingerprint density at radius 1 is 0.919 bits per heavy atom. The average molecular weight is 525 g/mol. The van der Waals surface area contributed by atoms with Crippen LogP contribution in [0.15, 0.2) is 79.0 Å². The normalized spacial score (nSPS) is 11.5. The summed E-state index contributed by atoms with van der Waals surface area (Å²) >= 11 is 1.11. The van der Waals surface area contributed by atoms with Gasteiger partial charge in [0.25, 0.3) is 5.91 Å². The van der Waals surface area contributed by atoms with Gasteiger partial charge in [-0.05, 0) is 48.5 Å². The molecule has 2 aromatic heterocycles. The lowest BCUT2D eigenvalue weighted by Crippen LogP contribution is -2.32. The summed E-state index contributed by atoms with van der Waals surface area (Å²) in [6.07, 6.45) is -3.47. The standard InChI is InChI=1S/C25H15F4N5O2S/c26-17-5-1-4-8-21(17)34(24(35)20-13-30-18-6-2-3-7-19(18)31-20)14-22-32-33-23(37-22)15-9-11-16(12-10-15)36-25(27,28)29/h1-13H,14H2. The first-order chi connectivity index (χ1) is 17.8. The number of halogens is 4. The number of hydrogen-bond donors (Lipinski definition) is 0. The maximum absolute atomic E-state index is 14.7. The second-order valence-electron chi connectivity index (χ2n) is 7.66. The first-order valence-electron chi connectivity index (χ1n) is 10.7. The lowest BCUT2D eigenvalue weighted by atomic mass is 10.2. The van der Waals surface area contributed by atoms with Crippen molar-refractivity contribution in [1.82, 2.24) is 20.2 Å². The molecular weight excluding hydrogens is 510 g/mol. The maximum atomic E-state index is 14.7. The van der Waals surface area contributed by atoms with Gasteiger partial charge in [0.2, 0.25) is 0 Å². The van der Waals surface area contributed by atoms with Crippen molar-refractivity contribution in [2.75, 3.05) is 4.90 Å². The first kappa shape index (κ1) is 24.3. The number of amides is 1. The van der Waals surface area contributed by atoms with Gasteiger partial charge in [0.05, 0.1) is 29.5 Å². The molecule has 7 nitrogen and oxygen atoms in total. The van der Waals surface area contributed by atoms with E-state index in [1.807, 2.05) is 0 Å². The van der Waals surface area contributed by atoms with Gasteiger partial charge in [0, 0.05) is 5.56 Å². The van der Waals surface area contributed by atoms with Crippen LogP contribution in [0.5, 0.6) is 5.75 Å². The quantitative estimate of drug-likeness (QED) is 0.252. The number of para-hydroxylation sites is 3. The molecule has 0 bridgehead atoms. The van der Waals surface area contributed by atoms with Crippen LogP contribution in [-0.2, 0) is 6.54 Å². The number of fused-ring (bicyclic) bond motifs is 1. The van der Waals surface area contributed by atoms with Crippen molar-refractivity contribution in [3.63, 3.8) is 0 Å². The SMILES string of the molecule is O=C(c1cnc2ccccc2n1)N(Cc1nnc(-c2ccc(OC(F)(F)F)cc2)s1)c1ccccc1F. The van der Waals surface area contributed by atoms with Gasteiger partial charge >= 0.3 is 6.36 Å². The minimum atomic E-state index is -4.80. The molecule has 0 radical (unpaired) electrons. The molecule has 0 N–H and O–H groups in total. The van der Waals surface area contributed by atoms with Crippen molar-refractivity contribution >= 4 is 34.0 Å². The summed E-state index contributed by atoms with van der Waals surface area (Å²) in [7, 11) is 0. The highest BCUT2D eigenvalue weighted by Gasteiger charge is 2.31. The van der Waals surface area contributed by atoms with Crippen LogP contribution in [0.25, 0.3) is 21.6 Å². The fourth-order valence-electron chi connectivity index (χ4n) is 3.50. The van der Waals surface area contributed by atoms with E-state index in [2.05, 4.69) is 24.9 Å². The molecular formula is C25H15F4N5O2S. The van der Waals surface area contributed by atoms with Gasteiger partial charge in [-0.25, -0.2) is 9.37 Å². The van der Waals surface area contributed by atoms with Crippen molar-refractivity contribution in [1.29, 1.82) is 0 Å². The highest BCUT2D eigenvalue weighted by atomic mass is 32.1. The highest BCUT2D eigenvalue weighted by Crippen LogP contribution is 2.30. The third kappa shape index (κ3) is 5.54. The summed E-state index contributed by atoms with van der Waals surface area (Å²) in [5.41, 5.74) is 1.66. The molecule has 0 saturated heterocycles. The van der Waals surface area contributed by atoms with Crippen LogP contribution < -0.4 is 9.64 Å². The van der Waals surface area contributed by atoms with Gasteiger partial charge in [-0.3, -0.25) is 14.7 Å². The largest absolute Gasteiger partial charge is 0.573 e. The summed E-state index contributed by atoms with van der Waals surface area (Å²) in [5, 5.41) is 8.95. The molecule has 0 atom stereocenters. The van der Waals surface area contributed by atoms with E-state index in [0.717, 1.165) is 23.5 Å². The van der Waals surface area contributed by atoms with Gasteiger partial charge in [-0.15, -0.1) is 23.4 Å². The van der Waals surface area contributed by atoms with Crippen molar-refractivity contribution < 1.29 is 27.1 Å². The summed E-state index contributed by atoms with van der Waals surface area (Å²) in [4.78, 5) is 23.3. The molecule has 0 saturated carbocycles. The van der Waals surface area contributed by atoms with Crippen LogP contribution in [0.2, 0.25) is 0 Å². The van der Waals surface area contributed by atoms with Crippen molar-refractivity contribution in [3.8, 4) is 16.3 Å². The van der Waals surface area contributed by atoms with Crippen LogP contribution in [0.4, 0.5) is 23.2 Å². The van der Waals surface area contributed by atoms with Gasteiger partial charge in [-0.2, -0.15) is 0 Å². The lowest BCUT2D eigenvalue weighted by molar-refractivity contribution is -0.274. The second-order valence-corrected chi connectivity index (χ2v) is 8.72. The maximum Gasteiger partial charge on any atom is 0.573 e. The van der Waals surface area contributed by atoms with E-state index < -0.39 is 18.1 Å². The second kappa shape index (κ2) is 9.90. The molecule has 0 aliphatic heterocycles. The predicted octanol–water partition coefficient (Wildman–Crippen LogP) is 6.03. The first-order valence-corrected chi connectivity index (χ1v) is 11.6. The number of alkyl halides is 3. The number of anilines is 1. The van der Waals surface area contributed by atoms with E-state index in [1.54, 1.807) is 30.3 Å². The van der Waals surface area contributed by atoms with Crippen LogP contribution >= 0.6 is 11.3 Å². The molecule has 3 aromatic carbocycles. The number of carbonyl (C=O) groups is 1. The average Bonchev–Trinajstić information content (AvgIpc) is 3.35. The van der Waals surface area contributed by atoms with Crippen LogP contribution in [0, 0.1) is 5.82 Å². The molecule has 186 valence electrons. The molecule has 1 amide bonds.